The van der Waals surface area contributed by atoms with Gasteiger partial charge < -0.3 is 0 Å². The summed E-state index contributed by atoms with van der Waals surface area (Å²) in [5.41, 5.74) is 2.69. The Bertz CT molecular complexity index is 949. The Kier molecular flexibility index (Phi) is 4.67. The average Bonchev–Trinajstić information content (AvgIpc) is 2.98. The van der Waals surface area contributed by atoms with Crippen molar-refractivity contribution >= 4 is 23.7 Å². The molecule has 0 bridgehead atoms. The second-order valence-corrected chi connectivity index (χ2v) is 6.67. The van der Waals surface area contributed by atoms with Gasteiger partial charge in [0.15, 0.2) is 6.29 Å². The van der Waals surface area contributed by atoms with Crippen LogP contribution in [0.25, 0.3) is 11.3 Å². The fourth-order valence-electron chi connectivity index (χ4n) is 2.37. The predicted molar refractivity (Wildman–Crippen MR) is 96.0 cm³/mol. The summed E-state index contributed by atoms with van der Waals surface area (Å²) in [5, 5.41) is 15.7. The molecule has 1 aromatic heterocycles. The van der Waals surface area contributed by atoms with Crippen molar-refractivity contribution in [1.82, 2.24) is 9.78 Å². The van der Waals surface area contributed by atoms with Crippen molar-refractivity contribution in [2.75, 3.05) is 0 Å². The zero-order chi connectivity index (χ0) is 18.0. The Hall–Kier alpha value is -2.93. The van der Waals surface area contributed by atoms with Gasteiger partial charge in [0.25, 0.3) is 5.69 Å². The van der Waals surface area contributed by atoms with Gasteiger partial charge in [-0.05, 0) is 31.2 Å². The molecule has 0 saturated heterocycles. The van der Waals surface area contributed by atoms with Crippen molar-refractivity contribution in [3.63, 3.8) is 0 Å². The Morgan fingerprint density at radius 3 is 2.48 bits per heavy atom. The lowest BCUT2D eigenvalue weighted by atomic mass is 10.1. The van der Waals surface area contributed by atoms with E-state index in [1.165, 1.54) is 22.5 Å². The lowest BCUT2D eigenvalue weighted by molar-refractivity contribution is -0.387. The Morgan fingerprint density at radius 2 is 1.88 bits per heavy atom. The van der Waals surface area contributed by atoms with Crippen LogP contribution in [-0.2, 0) is 7.05 Å². The van der Waals surface area contributed by atoms with Gasteiger partial charge in [0.05, 0.1) is 15.5 Å². The lowest BCUT2D eigenvalue weighted by Crippen LogP contribution is -1.96. The third-order valence-corrected chi connectivity index (χ3v) is 4.81. The molecular formula is C18H15N3O3S. The van der Waals surface area contributed by atoms with Crippen LogP contribution in [0.2, 0.25) is 0 Å². The maximum atomic E-state index is 11.5. The number of hydrogen-bond acceptors (Lipinski definition) is 5. The maximum absolute atomic E-state index is 11.5. The van der Waals surface area contributed by atoms with Crippen LogP contribution in [0.5, 0.6) is 0 Å². The molecule has 0 aliphatic rings. The highest BCUT2D eigenvalue weighted by Gasteiger charge is 2.18. The molecule has 0 N–H and O–H groups in total. The van der Waals surface area contributed by atoms with Crippen molar-refractivity contribution in [2.24, 2.45) is 7.05 Å². The van der Waals surface area contributed by atoms with Gasteiger partial charge in [-0.3, -0.25) is 19.6 Å². The van der Waals surface area contributed by atoms with Crippen LogP contribution in [0, 0.1) is 17.0 Å². The normalized spacial score (nSPS) is 10.6. The number of aldehydes is 1. The molecule has 2 aromatic carbocycles. The zero-order valence-corrected chi connectivity index (χ0v) is 14.5. The van der Waals surface area contributed by atoms with Gasteiger partial charge in [0, 0.05) is 23.6 Å². The van der Waals surface area contributed by atoms with E-state index in [1.807, 2.05) is 31.2 Å². The number of aryl methyl sites for hydroxylation is 2. The number of rotatable bonds is 5. The second-order valence-electron chi connectivity index (χ2n) is 5.55. The Balaban J connectivity index is 1.99. The minimum atomic E-state index is -0.399. The molecule has 126 valence electrons. The summed E-state index contributed by atoms with van der Waals surface area (Å²) in [6.45, 7) is 1.99. The molecule has 7 heteroatoms. The van der Waals surface area contributed by atoms with Crippen LogP contribution in [0.4, 0.5) is 5.69 Å². The number of nitrogens with zero attached hydrogens (tertiary/aromatic N) is 3. The van der Waals surface area contributed by atoms with Gasteiger partial charge in [0.1, 0.15) is 5.69 Å². The highest BCUT2D eigenvalue weighted by atomic mass is 32.2. The predicted octanol–water partition coefficient (Wildman–Crippen LogP) is 4.27. The van der Waals surface area contributed by atoms with Gasteiger partial charge in [-0.1, -0.05) is 35.5 Å². The summed E-state index contributed by atoms with van der Waals surface area (Å²) in [6, 6.07) is 14.4. The van der Waals surface area contributed by atoms with Gasteiger partial charge >= 0.3 is 0 Å². The van der Waals surface area contributed by atoms with Crippen LogP contribution >= 0.6 is 11.8 Å². The number of aromatic nitrogens is 2. The van der Waals surface area contributed by atoms with E-state index in [1.54, 1.807) is 25.2 Å². The third-order valence-electron chi connectivity index (χ3n) is 3.74. The Morgan fingerprint density at radius 1 is 1.16 bits per heavy atom. The summed E-state index contributed by atoms with van der Waals surface area (Å²) in [4.78, 5) is 23.5. The highest BCUT2D eigenvalue weighted by molar-refractivity contribution is 7.99. The van der Waals surface area contributed by atoms with Crippen LogP contribution in [0.3, 0.4) is 0 Å². The highest BCUT2D eigenvalue weighted by Crippen LogP contribution is 2.37. The average molecular weight is 353 g/mol. The first-order chi connectivity index (χ1) is 12.0. The quantitative estimate of drug-likeness (QED) is 0.389. The number of carbonyl (C=O) groups excluding carboxylic acids is 1. The van der Waals surface area contributed by atoms with Gasteiger partial charge in [-0.25, -0.2) is 0 Å². The Labute approximate surface area is 148 Å². The van der Waals surface area contributed by atoms with E-state index in [2.05, 4.69) is 5.10 Å². The summed E-state index contributed by atoms with van der Waals surface area (Å²) in [7, 11) is 1.66. The number of carbonyl (C=O) groups is 1. The van der Waals surface area contributed by atoms with E-state index in [4.69, 9.17) is 0 Å². The summed E-state index contributed by atoms with van der Waals surface area (Å²) >= 11 is 1.34. The molecule has 6 nitrogen and oxygen atoms in total. The minimum absolute atomic E-state index is 0.0152. The molecular weight excluding hydrogens is 338 g/mol. The molecule has 0 spiro atoms. The molecule has 0 radical (unpaired) electrons. The van der Waals surface area contributed by atoms with Crippen LogP contribution in [0.1, 0.15) is 16.1 Å². The molecule has 0 atom stereocenters. The first-order valence-corrected chi connectivity index (χ1v) is 8.32. The fraction of sp³-hybridized carbons (Fsp3) is 0.111. The molecule has 0 aliphatic carbocycles. The van der Waals surface area contributed by atoms with E-state index >= 15 is 0 Å². The van der Waals surface area contributed by atoms with Crippen molar-refractivity contribution < 1.29 is 9.72 Å². The molecule has 25 heavy (non-hydrogen) atoms. The monoisotopic (exact) mass is 353 g/mol. The number of nitro benzene ring substituents is 1. The lowest BCUT2D eigenvalue weighted by Gasteiger charge is -2.05. The van der Waals surface area contributed by atoms with Crippen LogP contribution in [-0.4, -0.2) is 21.0 Å². The summed E-state index contributed by atoms with van der Waals surface area (Å²) in [6.07, 6.45) is 0.701. The molecule has 0 unspecified atom stereocenters. The van der Waals surface area contributed by atoms with E-state index in [0.717, 1.165) is 10.5 Å². The SMILES string of the molecule is Cc1ccc(Sc2ccc(-c3cc(C=O)n(C)n3)cc2[N+](=O)[O-])cc1. The maximum Gasteiger partial charge on any atom is 0.283 e. The molecule has 0 saturated carbocycles. The van der Waals surface area contributed by atoms with E-state index in [9.17, 15) is 14.9 Å². The molecule has 0 fully saturated rings. The van der Waals surface area contributed by atoms with E-state index < -0.39 is 4.92 Å². The first-order valence-electron chi connectivity index (χ1n) is 7.50. The van der Waals surface area contributed by atoms with E-state index in [0.29, 0.717) is 28.1 Å². The van der Waals surface area contributed by atoms with E-state index in [-0.39, 0.29) is 5.69 Å². The summed E-state index contributed by atoms with van der Waals surface area (Å²) < 4.78 is 1.45. The molecule has 1 heterocycles. The topological polar surface area (TPSA) is 78.0 Å². The van der Waals surface area contributed by atoms with Gasteiger partial charge in [-0.2, -0.15) is 5.10 Å². The minimum Gasteiger partial charge on any atom is -0.296 e. The smallest absolute Gasteiger partial charge is 0.283 e. The second kappa shape index (κ2) is 6.90. The fourth-order valence-corrected chi connectivity index (χ4v) is 3.27. The number of nitro groups is 1. The van der Waals surface area contributed by atoms with Crippen molar-refractivity contribution in [3.05, 3.63) is 69.9 Å². The van der Waals surface area contributed by atoms with Crippen molar-refractivity contribution in [3.8, 4) is 11.3 Å². The zero-order valence-electron chi connectivity index (χ0n) is 13.7. The van der Waals surface area contributed by atoms with Crippen LogP contribution < -0.4 is 0 Å². The number of benzene rings is 2. The standard InChI is InChI=1S/C18H15N3O3S/c1-12-3-6-15(7-4-12)25-18-8-5-13(9-17(18)21(23)24)16-10-14(11-22)20(2)19-16/h3-11H,1-2H3. The molecule has 0 aliphatic heterocycles. The third kappa shape index (κ3) is 3.61. The first kappa shape index (κ1) is 16.9. The van der Waals surface area contributed by atoms with Gasteiger partial charge in [0.2, 0.25) is 0 Å². The largest absolute Gasteiger partial charge is 0.296 e. The van der Waals surface area contributed by atoms with Gasteiger partial charge in [-0.15, -0.1) is 0 Å². The summed E-state index contributed by atoms with van der Waals surface area (Å²) in [5.74, 6) is 0. The molecule has 3 rings (SSSR count). The van der Waals surface area contributed by atoms with Crippen molar-refractivity contribution in [2.45, 2.75) is 16.7 Å². The molecule has 3 aromatic rings. The molecule has 0 amide bonds. The van der Waals surface area contributed by atoms with Crippen molar-refractivity contribution in [1.29, 1.82) is 0 Å². The van der Waals surface area contributed by atoms with Crippen LogP contribution in [0.15, 0.2) is 58.3 Å². The number of hydrogen-bond donors (Lipinski definition) is 0.